The summed E-state index contributed by atoms with van der Waals surface area (Å²) in [5.74, 6) is -0.359. The van der Waals surface area contributed by atoms with Crippen LogP contribution in [-0.2, 0) is 0 Å². The van der Waals surface area contributed by atoms with Crippen molar-refractivity contribution in [1.29, 1.82) is 0 Å². The largest absolute Gasteiger partial charge is 0.423 e. The second kappa shape index (κ2) is 6.76. The lowest BCUT2D eigenvalue weighted by Crippen LogP contribution is -2.25. The second-order valence-corrected chi connectivity index (χ2v) is 7.24. The van der Waals surface area contributed by atoms with Crippen molar-refractivity contribution in [2.45, 2.75) is 32.0 Å². The van der Waals surface area contributed by atoms with Crippen LogP contribution in [0.5, 0.6) is 0 Å². The number of carbonyl (C=O) groups is 1. The van der Waals surface area contributed by atoms with Crippen LogP contribution in [0.2, 0.25) is 17.7 Å². The maximum atomic E-state index is 13.3. The van der Waals surface area contributed by atoms with Crippen LogP contribution in [-0.4, -0.2) is 23.4 Å². The molecule has 3 aromatic rings. The molecule has 1 unspecified atom stereocenters. The van der Waals surface area contributed by atoms with Crippen molar-refractivity contribution in [2.75, 3.05) is 5.32 Å². The van der Waals surface area contributed by atoms with Crippen LogP contribution < -0.4 is 5.32 Å². The Morgan fingerprint density at radius 3 is 3.04 bits per heavy atom. The molecule has 1 aliphatic heterocycles. The van der Waals surface area contributed by atoms with Crippen LogP contribution >= 0.6 is 11.6 Å². The molecule has 1 atom stereocenters. The van der Waals surface area contributed by atoms with Crippen molar-refractivity contribution in [3.8, 4) is 0 Å². The standard InChI is InChI=1S/C19H17BClFN2O2/c1-11-2-4-15(21)14(8-11)18(25)20-7-6-13(10-20)23-19-24-16-5-3-12(22)9-17(16)26-19/h2-5,8-9,13H,6-7,10H2,1H3,(H,23,24). The highest BCUT2D eigenvalue weighted by Crippen LogP contribution is 2.29. The molecule has 0 spiro atoms. The van der Waals surface area contributed by atoms with Crippen LogP contribution in [0.3, 0.4) is 0 Å². The molecule has 2 heterocycles. The minimum Gasteiger partial charge on any atom is -0.423 e. The van der Waals surface area contributed by atoms with E-state index in [0.717, 1.165) is 18.3 Å². The van der Waals surface area contributed by atoms with Gasteiger partial charge in [0, 0.05) is 17.7 Å². The van der Waals surface area contributed by atoms with E-state index in [4.69, 9.17) is 16.0 Å². The van der Waals surface area contributed by atoms with Gasteiger partial charge in [-0.25, -0.2) is 4.39 Å². The number of rotatable bonds is 4. The average Bonchev–Trinajstić information content (AvgIpc) is 3.22. The molecule has 7 heteroatoms. The molecule has 0 aliphatic carbocycles. The minimum absolute atomic E-state index is 0.0753. The Hall–Kier alpha value is -2.34. The van der Waals surface area contributed by atoms with Gasteiger partial charge in [0.05, 0.1) is 5.02 Å². The summed E-state index contributed by atoms with van der Waals surface area (Å²) in [6, 6.07) is 10.2. The molecule has 0 radical (unpaired) electrons. The maximum absolute atomic E-state index is 13.3. The van der Waals surface area contributed by atoms with Crippen molar-refractivity contribution < 1.29 is 13.6 Å². The fourth-order valence-electron chi connectivity index (χ4n) is 3.53. The summed E-state index contributed by atoms with van der Waals surface area (Å²) >= 11 is 6.20. The Morgan fingerprint density at radius 2 is 2.19 bits per heavy atom. The minimum atomic E-state index is -0.359. The van der Waals surface area contributed by atoms with Crippen molar-refractivity contribution in [3.05, 3.63) is 58.4 Å². The van der Waals surface area contributed by atoms with Gasteiger partial charge in [-0.2, -0.15) is 4.98 Å². The topological polar surface area (TPSA) is 55.1 Å². The van der Waals surface area contributed by atoms with Gasteiger partial charge in [0.1, 0.15) is 17.0 Å². The zero-order valence-electron chi connectivity index (χ0n) is 14.3. The zero-order chi connectivity index (χ0) is 18.3. The van der Waals surface area contributed by atoms with Gasteiger partial charge in [-0.05, 0) is 43.9 Å². The highest BCUT2D eigenvalue weighted by Gasteiger charge is 2.35. The third kappa shape index (κ3) is 3.34. The lowest BCUT2D eigenvalue weighted by atomic mass is 9.44. The Morgan fingerprint density at radius 1 is 1.35 bits per heavy atom. The smallest absolute Gasteiger partial charge is 0.295 e. The number of nitrogens with zero attached hydrogens (tertiary/aromatic N) is 1. The van der Waals surface area contributed by atoms with Crippen LogP contribution in [0.4, 0.5) is 10.4 Å². The van der Waals surface area contributed by atoms with Crippen molar-refractivity contribution in [2.24, 2.45) is 0 Å². The molecule has 26 heavy (non-hydrogen) atoms. The Labute approximate surface area is 155 Å². The number of hydrogen-bond donors (Lipinski definition) is 1. The summed E-state index contributed by atoms with van der Waals surface area (Å²) in [5, 5.41) is 3.72. The van der Waals surface area contributed by atoms with Gasteiger partial charge in [-0.15, -0.1) is 0 Å². The Balaban J connectivity index is 1.46. The third-order valence-corrected chi connectivity index (χ3v) is 5.20. The number of aromatic nitrogens is 1. The fourth-order valence-corrected chi connectivity index (χ4v) is 3.74. The summed E-state index contributed by atoms with van der Waals surface area (Å²) in [6.45, 7) is 1.87. The number of hydrogen-bond acceptors (Lipinski definition) is 4. The van der Waals surface area contributed by atoms with Crippen molar-refractivity contribution >= 4 is 41.1 Å². The fraction of sp³-hybridized carbons (Fsp3) is 0.263. The first kappa shape index (κ1) is 17.1. The number of oxazole rings is 1. The lowest BCUT2D eigenvalue weighted by molar-refractivity contribution is 0.107. The van der Waals surface area contributed by atoms with E-state index in [1.165, 1.54) is 12.1 Å². The summed E-state index contributed by atoms with van der Waals surface area (Å²) in [5.41, 5.74) is 2.71. The zero-order valence-corrected chi connectivity index (χ0v) is 15.0. The molecule has 4 nitrogen and oxygen atoms in total. The predicted molar refractivity (Wildman–Crippen MR) is 102 cm³/mol. The highest BCUT2D eigenvalue weighted by atomic mass is 35.5. The molecular formula is C19H17BClFN2O2. The van der Waals surface area contributed by atoms with Gasteiger partial charge in [-0.1, -0.05) is 29.6 Å². The van der Waals surface area contributed by atoms with Gasteiger partial charge in [0.15, 0.2) is 5.58 Å². The SMILES string of the molecule is Cc1ccc(Cl)c(C(=O)B2CCC(Nc3nc4ccc(F)cc4o3)C2)c1. The third-order valence-electron chi connectivity index (χ3n) is 4.87. The van der Waals surface area contributed by atoms with Crippen LogP contribution in [0.15, 0.2) is 40.8 Å². The van der Waals surface area contributed by atoms with E-state index >= 15 is 0 Å². The van der Waals surface area contributed by atoms with E-state index in [1.807, 2.05) is 19.1 Å². The summed E-state index contributed by atoms with van der Waals surface area (Å²) in [4.78, 5) is 17.1. The van der Waals surface area contributed by atoms with Gasteiger partial charge >= 0.3 is 0 Å². The number of halogens is 2. The Kier molecular flexibility index (Phi) is 4.45. The van der Waals surface area contributed by atoms with Crippen LogP contribution in [0, 0.1) is 12.7 Å². The molecule has 1 fully saturated rings. The highest BCUT2D eigenvalue weighted by molar-refractivity contribution is 6.93. The molecule has 0 saturated carbocycles. The number of nitrogens with one attached hydrogen (secondary N) is 1. The van der Waals surface area contributed by atoms with Crippen LogP contribution in [0.25, 0.3) is 11.1 Å². The second-order valence-electron chi connectivity index (χ2n) is 6.83. The van der Waals surface area contributed by atoms with E-state index in [2.05, 4.69) is 10.3 Å². The monoisotopic (exact) mass is 370 g/mol. The molecular weight excluding hydrogens is 353 g/mol. The first-order chi connectivity index (χ1) is 12.5. The first-order valence-electron chi connectivity index (χ1n) is 8.62. The van der Waals surface area contributed by atoms with Gasteiger partial charge < -0.3 is 14.5 Å². The predicted octanol–water partition coefficient (Wildman–Crippen LogP) is 5.03. The molecule has 1 saturated heterocycles. The molecule has 2 aromatic carbocycles. The summed E-state index contributed by atoms with van der Waals surface area (Å²) in [6.07, 6.45) is 2.32. The number of carbonyl (C=O) groups excluding carboxylic acids is 1. The van der Waals surface area contributed by atoms with E-state index in [-0.39, 0.29) is 24.3 Å². The summed E-state index contributed by atoms with van der Waals surface area (Å²) < 4.78 is 18.8. The quantitative estimate of drug-likeness (QED) is 0.654. The van der Waals surface area contributed by atoms with E-state index < -0.39 is 0 Å². The van der Waals surface area contributed by atoms with E-state index in [1.54, 1.807) is 12.1 Å². The first-order valence-corrected chi connectivity index (χ1v) is 9.00. The van der Waals surface area contributed by atoms with Crippen LogP contribution in [0.1, 0.15) is 22.3 Å². The van der Waals surface area contributed by atoms with Gasteiger partial charge in [-0.3, -0.25) is 0 Å². The normalized spacial score (nSPS) is 17.0. The average molecular weight is 371 g/mol. The maximum Gasteiger partial charge on any atom is 0.295 e. The van der Waals surface area contributed by atoms with E-state index in [9.17, 15) is 9.18 Å². The molecule has 1 N–H and O–H groups in total. The van der Waals surface area contributed by atoms with Crippen molar-refractivity contribution in [3.63, 3.8) is 0 Å². The van der Waals surface area contributed by atoms with Crippen molar-refractivity contribution in [1.82, 2.24) is 4.98 Å². The van der Waals surface area contributed by atoms with E-state index in [0.29, 0.717) is 34.0 Å². The molecule has 0 amide bonds. The summed E-state index contributed by atoms with van der Waals surface area (Å²) in [7, 11) is 0. The number of benzene rings is 2. The lowest BCUT2D eigenvalue weighted by Gasteiger charge is -2.11. The Bertz CT molecular complexity index is 991. The molecule has 0 bridgehead atoms. The number of fused-ring (bicyclic) bond motifs is 1. The molecule has 4 rings (SSSR count). The van der Waals surface area contributed by atoms with Gasteiger partial charge in [0.25, 0.3) is 6.01 Å². The van der Waals surface area contributed by atoms with Gasteiger partial charge in [0.2, 0.25) is 6.71 Å². The molecule has 1 aromatic heterocycles. The number of aryl methyl sites for hydroxylation is 1. The molecule has 132 valence electrons. The number of anilines is 1. The molecule has 1 aliphatic rings.